The molecule has 2 saturated heterocycles. The average Bonchev–Trinajstić information content (AvgIpc) is 3.41. The molecule has 2 aliphatic heterocycles. The summed E-state index contributed by atoms with van der Waals surface area (Å²) in [6, 6.07) is 15.0. The second-order valence-corrected chi connectivity index (χ2v) is 9.68. The topological polar surface area (TPSA) is 77.7 Å². The maximum Gasteiger partial charge on any atom is 0.316 e. The van der Waals surface area contributed by atoms with Crippen LogP contribution in [0.2, 0.25) is 0 Å². The van der Waals surface area contributed by atoms with E-state index in [0.29, 0.717) is 24.6 Å². The molecule has 2 aliphatic rings. The Hall–Kier alpha value is -3.46. The number of benzene rings is 2. The van der Waals surface area contributed by atoms with Gasteiger partial charge in [0.1, 0.15) is 5.82 Å². The van der Waals surface area contributed by atoms with Crippen LogP contribution in [0.4, 0.5) is 15.8 Å². The van der Waals surface area contributed by atoms with Gasteiger partial charge in [0.25, 0.3) is 0 Å². The van der Waals surface area contributed by atoms with Gasteiger partial charge >= 0.3 is 11.8 Å². The van der Waals surface area contributed by atoms with Crippen LogP contribution in [0.1, 0.15) is 30.5 Å². The summed E-state index contributed by atoms with van der Waals surface area (Å²) in [6.45, 7) is 8.75. The molecule has 8 nitrogen and oxygen atoms in total. The molecule has 0 saturated carbocycles. The SMILES string of the molecule is CC1CCN(c2ccc(-c3noc(C(=O)NCCN4CCN(c5ccccc5F)CC4)n3)cc2)CC1. The summed E-state index contributed by atoms with van der Waals surface area (Å²) in [4.78, 5) is 23.5. The van der Waals surface area contributed by atoms with E-state index < -0.39 is 0 Å². The number of nitrogens with one attached hydrogen (secondary N) is 1. The van der Waals surface area contributed by atoms with Crippen LogP contribution in [0.25, 0.3) is 11.4 Å². The molecule has 0 atom stereocenters. The molecular weight excluding hydrogens is 459 g/mol. The van der Waals surface area contributed by atoms with E-state index in [0.717, 1.165) is 50.7 Å². The number of hydrogen-bond acceptors (Lipinski definition) is 7. The first-order valence-corrected chi connectivity index (χ1v) is 12.8. The number of carbonyl (C=O) groups excluding carboxylic acids is 1. The predicted octanol–water partition coefficient (Wildman–Crippen LogP) is 3.66. The zero-order valence-corrected chi connectivity index (χ0v) is 20.7. The van der Waals surface area contributed by atoms with Crippen LogP contribution in [-0.2, 0) is 0 Å². The number of rotatable bonds is 7. The van der Waals surface area contributed by atoms with Crippen LogP contribution < -0.4 is 15.1 Å². The number of hydrogen-bond donors (Lipinski definition) is 1. The molecule has 0 bridgehead atoms. The smallest absolute Gasteiger partial charge is 0.316 e. The summed E-state index contributed by atoms with van der Waals surface area (Å²) in [5.74, 6) is 0.592. The van der Waals surface area contributed by atoms with E-state index in [4.69, 9.17) is 4.52 Å². The molecule has 9 heteroatoms. The monoisotopic (exact) mass is 492 g/mol. The molecule has 0 spiro atoms. The quantitative estimate of drug-likeness (QED) is 0.539. The lowest BCUT2D eigenvalue weighted by atomic mass is 9.98. The van der Waals surface area contributed by atoms with Crippen LogP contribution in [-0.4, -0.2) is 73.3 Å². The van der Waals surface area contributed by atoms with Crippen LogP contribution >= 0.6 is 0 Å². The number of para-hydroxylation sites is 1. The molecule has 0 radical (unpaired) electrons. The van der Waals surface area contributed by atoms with Crippen molar-refractivity contribution in [3.63, 3.8) is 0 Å². The van der Waals surface area contributed by atoms with E-state index in [1.165, 1.54) is 24.6 Å². The van der Waals surface area contributed by atoms with E-state index in [1.807, 2.05) is 24.3 Å². The van der Waals surface area contributed by atoms with Crippen molar-refractivity contribution in [2.24, 2.45) is 5.92 Å². The number of nitrogens with zero attached hydrogens (tertiary/aromatic N) is 5. The molecule has 1 amide bonds. The van der Waals surface area contributed by atoms with Gasteiger partial charge in [-0.3, -0.25) is 9.69 Å². The minimum atomic E-state index is -0.377. The van der Waals surface area contributed by atoms with Gasteiger partial charge in [-0.25, -0.2) is 4.39 Å². The summed E-state index contributed by atoms with van der Waals surface area (Å²) >= 11 is 0. The van der Waals surface area contributed by atoms with E-state index >= 15 is 0 Å². The third-order valence-corrected chi connectivity index (χ3v) is 7.17. The number of piperidine rings is 1. The Morgan fingerprint density at radius 1 is 1.00 bits per heavy atom. The maximum absolute atomic E-state index is 14.0. The molecule has 3 aromatic rings. The zero-order chi connectivity index (χ0) is 24.9. The van der Waals surface area contributed by atoms with E-state index in [1.54, 1.807) is 6.07 Å². The molecule has 2 aromatic carbocycles. The summed E-state index contributed by atoms with van der Waals surface area (Å²) < 4.78 is 19.2. The lowest BCUT2D eigenvalue weighted by Gasteiger charge is -2.36. The lowest BCUT2D eigenvalue weighted by Crippen LogP contribution is -2.48. The van der Waals surface area contributed by atoms with E-state index in [-0.39, 0.29) is 17.6 Å². The van der Waals surface area contributed by atoms with E-state index in [9.17, 15) is 9.18 Å². The molecule has 1 aromatic heterocycles. The minimum Gasteiger partial charge on any atom is -0.372 e. The minimum absolute atomic E-state index is 0.0385. The fraction of sp³-hybridized carbons (Fsp3) is 0.444. The molecule has 2 fully saturated rings. The third-order valence-electron chi connectivity index (χ3n) is 7.17. The van der Waals surface area contributed by atoms with Crippen LogP contribution in [0.3, 0.4) is 0 Å². The first kappa shape index (κ1) is 24.2. The standard InChI is InChI=1S/C27H33FN6O2/c1-20-10-13-33(14-11-20)22-8-6-21(7-9-22)25-30-27(36-31-25)26(35)29-12-15-32-16-18-34(19-17-32)24-5-3-2-4-23(24)28/h2-9,20H,10-19H2,1H3,(H,29,35). The van der Waals surface area contributed by atoms with Gasteiger partial charge in [0, 0.05) is 63.6 Å². The number of carbonyl (C=O) groups is 1. The van der Waals surface area contributed by atoms with Crippen LogP contribution in [0, 0.1) is 11.7 Å². The van der Waals surface area contributed by atoms with Crippen molar-refractivity contribution in [3.8, 4) is 11.4 Å². The molecular formula is C27H33FN6O2. The van der Waals surface area contributed by atoms with Gasteiger partial charge in [-0.05, 0) is 55.2 Å². The second kappa shape index (κ2) is 11.1. The highest BCUT2D eigenvalue weighted by atomic mass is 19.1. The van der Waals surface area contributed by atoms with Crippen molar-refractivity contribution in [2.75, 3.05) is 62.2 Å². The number of anilines is 2. The Morgan fingerprint density at radius 2 is 1.72 bits per heavy atom. The Bertz CT molecular complexity index is 1150. The highest BCUT2D eigenvalue weighted by Crippen LogP contribution is 2.25. The summed E-state index contributed by atoms with van der Waals surface area (Å²) in [6.07, 6.45) is 2.43. The van der Waals surface area contributed by atoms with Gasteiger partial charge < -0.3 is 19.6 Å². The first-order valence-electron chi connectivity index (χ1n) is 12.8. The fourth-order valence-corrected chi connectivity index (χ4v) is 4.84. The maximum atomic E-state index is 14.0. The zero-order valence-electron chi connectivity index (χ0n) is 20.7. The molecule has 36 heavy (non-hydrogen) atoms. The molecule has 5 rings (SSSR count). The Kier molecular flexibility index (Phi) is 7.46. The Morgan fingerprint density at radius 3 is 2.44 bits per heavy atom. The van der Waals surface area contributed by atoms with Crippen molar-refractivity contribution >= 4 is 17.3 Å². The van der Waals surface area contributed by atoms with Gasteiger partial charge in [0.05, 0.1) is 5.69 Å². The molecule has 1 N–H and O–H groups in total. The summed E-state index contributed by atoms with van der Waals surface area (Å²) in [7, 11) is 0. The fourth-order valence-electron chi connectivity index (χ4n) is 4.84. The van der Waals surface area contributed by atoms with Crippen molar-refractivity contribution < 1.29 is 13.7 Å². The van der Waals surface area contributed by atoms with Crippen LogP contribution in [0.15, 0.2) is 53.1 Å². The normalized spacial score (nSPS) is 17.4. The highest BCUT2D eigenvalue weighted by Gasteiger charge is 2.21. The summed E-state index contributed by atoms with van der Waals surface area (Å²) in [5.41, 5.74) is 2.66. The van der Waals surface area contributed by atoms with Gasteiger partial charge in [-0.2, -0.15) is 4.98 Å². The highest BCUT2D eigenvalue weighted by molar-refractivity contribution is 5.89. The predicted molar refractivity (Wildman–Crippen MR) is 138 cm³/mol. The molecule has 0 unspecified atom stereocenters. The van der Waals surface area contributed by atoms with Gasteiger partial charge in [0.15, 0.2) is 0 Å². The van der Waals surface area contributed by atoms with Gasteiger partial charge in [0.2, 0.25) is 5.82 Å². The number of aromatic nitrogens is 2. The number of halogens is 1. The van der Waals surface area contributed by atoms with Crippen molar-refractivity contribution in [1.82, 2.24) is 20.4 Å². The van der Waals surface area contributed by atoms with Crippen LogP contribution in [0.5, 0.6) is 0 Å². The first-order chi connectivity index (χ1) is 17.6. The Balaban J connectivity index is 1.07. The number of piperazine rings is 1. The largest absolute Gasteiger partial charge is 0.372 e. The Labute approximate surface area is 211 Å². The van der Waals surface area contributed by atoms with Gasteiger partial charge in [-0.15, -0.1) is 0 Å². The molecule has 190 valence electrons. The third kappa shape index (κ3) is 5.67. The lowest BCUT2D eigenvalue weighted by molar-refractivity contribution is 0.0904. The number of amides is 1. The van der Waals surface area contributed by atoms with E-state index in [2.05, 4.69) is 49.2 Å². The van der Waals surface area contributed by atoms with Crippen molar-refractivity contribution in [3.05, 3.63) is 60.2 Å². The molecule has 0 aliphatic carbocycles. The summed E-state index contributed by atoms with van der Waals surface area (Å²) in [5, 5.41) is 6.86. The molecule has 3 heterocycles. The van der Waals surface area contributed by atoms with Gasteiger partial charge in [-0.1, -0.05) is 24.2 Å². The van der Waals surface area contributed by atoms with Crippen molar-refractivity contribution in [1.29, 1.82) is 0 Å². The average molecular weight is 493 g/mol. The second-order valence-electron chi connectivity index (χ2n) is 9.68. The van der Waals surface area contributed by atoms with Crippen molar-refractivity contribution in [2.45, 2.75) is 19.8 Å².